The summed E-state index contributed by atoms with van der Waals surface area (Å²) in [4.78, 5) is 23.5. The van der Waals surface area contributed by atoms with Crippen LogP contribution in [0, 0.1) is 11.8 Å². The van der Waals surface area contributed by atoms with E-state index in [1.165, 1.54) is 5.56 Å². The van der Waals surface area contributed by atoms with Crippen LogP contribution in [0.15, 0.2) is 36.4 Å². The molecular weight excluding hydrogens is 266 g/mol. The van der Waals surface area contributed by atoms with Crippen molar-refractivity contribution in [1.82, 2.24) is 0 Å². The van der Waals surface area contributed by atoms with Gasteiger partial charge in [0.25, 0.3) is 0 Å². The lowest BCUT2D eigenvalue weighted by Crippen LogP contribution is -2.34. The molecule has 1 aromatic carbocycles. The second kappa shape index (κ2) is 6.57. The minimum atomic E-state index is -0.908. The molecule has 112 valence electrons. The first-order valence-corrected chi connectivity index (χ1v) is 7.27. The van der Waals surface area contributed by atoms with Gasteiger partial charge in [-0.05, 0) is 36.5 Å². The van der Waals surface area contributed by atoms with Crippen LogP contribution in [0.4, 0.5) is 5.69 Å². The Morgan fingerprint density at radius 1 is 1.10 bits per heavy atom. The molecule has 0 aromatic heterocycles. The number of rotatable bonds is 4. The lowest BCUT2D eigenvalue weighted by atomic mass is 9.82. The third-order valence-corrected chi connectivity index (χ3v) is 3.93. The van der Waals surface area contributed by atoms with Gasteiger partial charge in [0.15, 0.2) is 0 Å². The number of aliphatic carboxylic acids is 1. The van der Waals surface area contributed by atoms with Crippen LogP contribution >= 0.6 is 0 Å². The lowest BCUT2D eigenvalue weighted by Gasteiger charge is -2.24. The van der Waals surface area contributed by atoms with Crippen molar-refractivity contribution in [3.05, 3.63) is 42.0 Å². The zero-order chi connectivity index (χ0) is 15.4. The number of amides is 1. The number of carbonyl (C=O) groups is 2. The van der Waals surface area contributed by atoms with Crippen LogP contribution in [0.1, 0.15) is 38.2 Å². The van der Waals surface area contributed by atoms with E-state index in [1.807, 2.05) is 36.4 Å². The Balaban J connectivity index is 2.06. The second-order valence-corrected chi connectivity index (χ2v) is 5.76. The maximum Gasteiger partial charge on any atom is 0.307 e. The van der Waals surface area contributed by atoms with Crippen LogP contribution in [-0.4, -0.2) is 17.0 Å². The summed E-state index contributed by atoms with van der Waals surface area (Å²) in [7, 11) is 0. The third kappa shape index (κ3) is 3.72. The van der Waals surface area contributed by atoms with E-state index in [4.69, 9.17) is 0 Å². The molecule has 0 aliphatic heterocycles. The zero-order valence-electron chi connectivity index (χ0n) is 12.4. The van der Waals surface area contributed by atoms with Gasteiger partial charge in [-0.1, -0.05) is 38.1 Å². The highest BCUT2D eigenvalue weighted by atomic mass is 16.4. The summed E-state index contributed by atoms with van der Waals surface area (Å²) >= 11 is 0. The molecular formula is C17H21NO3. The van der Waals surface area contributed by atoms with Crippen molar-refractivity contribution in [2.45, 2.75) is 32.6 Å². The quantitative estimate of drug-likeness (QED) is 0.834. The van der Waals surface area contributed by atoms with Gasteiger partial charge < -0.3 is 10.4 Å². The molecule has 0 radical (unpaired) electrons. The number of hydrogen-bond acceptors (Lipinski definition) is 2. The van der Waals surface area contributed by atoms with Gasteiger partial charge in [-0.15, -0.1) is 0 Å². The van der Waals surface area contributed by atoms with Crippen LogP contribution in [0.25, 0.3) is 0 Å². The number of carbonyl (C=O) groups excluding carboxylic acids is 1. The molecule has 0 saturated heterocycles. The highest BCUT2D eigenvalue weighted by molar-refractivity contribution is 5.95. The van der Waals surface area contributed by atoms with Gasteiger partial charge in [-0.25, -0.2) is 0 Å². The first kappa shape index (κ1) is 15.3. The second-order valence-electron chi connectivity index (χ2n) is 5.76. The number of anilines is 1. The molecule has 0 bridgehead atoms. The van der Waals surface area contributed by atoms with Crippen molar-refractivity contribution in [3.8, 4) is 0 Å². The Morgan fingerprint density at radius 2 is 1.67 bits per heavy atom. The van der Waals surface area contributed by atoms with Gasteiger partial charge >= 0.3 is 5.97 Å². The van der Waals surface area contributed by atoms with Gasteiger partial charge in [0.1, 0.15) is 0 Å². The van der Waals surface area contributed by atoms with Crippen molar-refractivity contribution >= 4 is 17.6 Å². The van der Waals surface area contributed by atoms with E-state index < -0.39 is 17.8 Å². The molecule has 4 heteroatoms. The van der Waals surface area contributed by atoms with E-state index in [2.05, 4.69) is 19.2 Å². The van der Waals surface area contributed by atoms with Crippen LogP contribution in [0.3, 0.4) is 0 Å². The number of benzene rings is 1. The Bertz CT molecular complexity index is 546. The van der Waals surface area contributed by atoms with Crippen LogP contribution < -0.4 is 5.32 Å². The van der Waals surface area contributed by atoms with Crippen molar-refractivity contribution < 1.29 is 14.7 Å². The number of carboxylic acids is 1. The molecule has 1 aliphatic rings. The van der Waals surface area contributed by atoms with E-state index in [0.29, 0.717) is 24.4 Å². The summed E-state index contributed by atoms with van der Waals surface area (Å²) in [6.45, 7) is 4.22. The summed E-state index contributed by atoms with van der Waals surface area (Å²) in [5, 5.41) is 12.0. The highest BCUT2D eigenvalue weighted by Crippen LogP contribution is 2.27. The zero-order valence-corrected chi connectivity index (χ0v) is 12.4. The largest absolute Gasteiger partial charge is 0.481 e. The molecule has 2 N–H and O–H groups in total. The molecule has 2 rings (SSSR count). The van der Waals surface area contributed by atoms with E-state index in [-0.39, 0.29) is 5.91 Å². The number of nitrogens with one attached hydrogen (secondary N) is 1. The molecule has 2 atom stereocenters. The molecule has 4 nitrogen and oxygen atoms in total. The maximum absolute atomic E-state index is 12.3. The molecule has 0 fully saturated rings. The van der Waals surface area contributed by atoms with E-state index in [0.717, 1.165) is 0 Å². The molecule has 1 aromatic rings. The number of allylic oxidation sites excluding steroid dienone is 2. The van der Waals surface area contributed by atoms with Crippen LogP contribution in [0.2, 0.25) is 0 Å². The first-order chi connectivity index (χ1) is 9.99. The molecule has 0 spiro atoms. The van der Waals surface area contributed by atoms with Crippen LogP contribution in [-0.2, 0) is 9.59 Å². The van der Waals surface area contributed by atoms with Gasteiger partial charge in [0.2, 0.25) is 5.91 Å². The number of carboxylic acid groups (broad SMARTS) is 1. The fourth-order valence-electron chi connectivity index (χ4n) is 2.56. The average molecular weight is 287 g/mol. The fourth-order valence-corrected chi connectivity index (χ4v) is 2.56. The molecule has 0 saturated carbocycles. The Labute approximate surface area is 124 Å². The van der Waals surface area contributed by atoms with E-state index in [9.17, 15) is 14.7 Å². The monoisotopic (exact) mass is 287 g/mol. The van der Waals surface area contributed by atoms with Gasteiger partial charge in [-0.3, -0.25) is 9.59 Å². The summed E-state index contributed by atoms with van der Waals surface area (Å²) in [5.41, 5.74) is 1.92. The maximum atomic E-state index is 12.3. The Hall–Kier alpha value is -2.10. The molecule has 0 unspecified atom stereocenters. The molecule has 1 amide bonds. The third-order valence-electron chi connectivity index (χ3n) is 3.93. The fraction of sp³-hybridized carbons (Fsp3) is 0.412. The number of hydrogen-bond donors (Lipinski definition) is 2. The summed E-state index contributed by atoms with van der Waals surface area (Å²) in [6.07, 6.45) is 4.61. The van der Waals surface area contributed by atoms with Gasteiger partial charge in [0, 0.05) is 5.69 Å². The molecule has 1 aliphatic carbocycles. The van der Waals surface area contributed by atoms with Crippen LogP contribution in [0.5, 0.6) is 0 Å². The minimum absolute atomic E-state index is 0.218. The predicted octanol–water partition coefficient (Wildman–Crippen LogP) is 3.42. The highest BCUT2D eigenvalue weighted by Gasteiger charge is 2.33. The smallest absolute Gasteiger partial charge is 0.307 e. The van der Waals surface area contributed by atoms with Crippen molar-refractivity contribution in [1.29, 1.82) is 0 Å². The standard InChI is InChI=1S/C17H21NO3/c1-11(2)12-7-9-13(10-8-12)18-16(19)14-5-3-4-6-15(14)17(20)21/h3-4,7-11,14-15H,5-6H2,1-2H3,(H,18,19)(H,20,21)/t14-,15-/m1/s1. The van der Waals surface area contributed by atoms with Crippen molar-refractivity contribution in [3.63, 3.8) is 0 Å². The summed E-state index contributed by atoms with van der Waals surface area (Å²) in [6, 6.07) is 7.69. The lowest BCUT2D eigenvalue weighted by molar-refractivity contribution is -0.146. The van der Waals surface area contributed by atoms with E-state index in [1.54, 1.807) is 0 Å². The summed E-state index contributed by atoms with van der Waals surface area (Å²) in [5.74, 6) is -1.82. The van der Waals surface area contributed by atoms with Crippen molar-refractivity contribution in [2.24, 2.45) is 11.8 Å². The van der Waals surface area contributed by atoms with Gasteiger partial charge in [0.05, 0.1) is 11.8 Å². The van der Waals surface area contributed by atoms with E-state index >= 15 is 0 Å². The topological polar surface area (TPSA) is 66.4 Å². The minimum Gasteiger partial charge on any atom is -0.481 e. The van der Waals surface area contributed by atoms with Crippen molar-refractivity contribution in [2.75, 3.05) is 5.32 Å². The average Bonchev–Trinajstić information content (AvgIpc) is 2.47. The predicted molar refractivity (Wildman–Crippen MR) is 82.2 cm³/mol. The molecule has 0 heterocycles. The summed E-state index contributed by atoms with van der Waals surface area (Å²) < 4.78 is 0. The SMILES string of the molecule is CC(C)c1ccc(NC(=O)[C@@H]2CC=CC[C@H]2C(=O)O)cc1. The first-order valence-electron chi connectivity index (χ1n) is 7.27. The Kier molecular flexibility index (Phi) is 4.78. The Morgan fingerprint density at radius 3 is 2.19 bits per heavy atom. The normalized spacial score (nSPS) is 21.3. The van der Waals surface area contributed by atoms with Gasteiger partial charge in [-0.2, -0.15) is 0 Å². The molecule has 21 heavy (non-hydrogen) atoms.